The van der Waals surface area contributed by atoms with Gasteiger partial charge in [0.1, 0.15) is 0 Å². The first kappa shape index (κ1) is 16.7. The van der Waals surface area contributed by atoms with Gasteiger partial charge in [-0.3, -0.25) is 9.05 Å². The molecule has 1 rings (SSSR count). The highest BCUT2D eigenvalue weighted by molar-refractivity contribution is 7.59. The fourth-order valence-corrected chi connectivity index (χ4v) is 2.87. The van der Waals surface area contributed by atoms with E-state index in [-0.39, 0.29) is 6.29 Å². The van der Waals surface area contributed by atoms with Gasteiger partial charge in [0.25, 0.3) is 0 Å². The Kier molecular flexibility index (Phi) is 8.36. The molecule has 1 atom stereocenters. The van der Waals surface area contributed by atoms with Crippen molar-refractivity contribution in [3.05, 3.63) is 0 Å². The summed E-state index contributed by atoms with van der Waals surface area (Å²) in [5.74, 6) is 2.79. The molecule has 5 nitrogen and oxygen atoms in total. The zero-order valence-electron chi connectivity index (χ0n) is 11.7. The fraction of sp³-hybridized carbons (Fsp3) is 0.846. The summed E-state index contributed by atoms with van der Waals surface area (Å²) in [6, 6.07) is 0. The van der Waals surface area contributed by atoms with Crippen LogP contribution in [0.2, 0.25) is 0 Å². The predicted octanol–water partition coefficient (Wildman–Crippen LogP) is 3.15. The Balaban J connectivity index is 2.26. The summed E-state index contributed by atoms with van der Waals surface area (Å²) in [4.78, 5) is 0. The Bertz CT molecular complexity index is 331. The third kappa shape index (κ3) is 7.10. The lowest BCUT2D eigenvalue weighted by Crippen LogP contribution is -2.22. The van der Waals surface area contributed by atoms with Gasteiger partial charge >= 0.3 is 7.60 Å². The second-order valence-electron chi connectivity index (χ2n) is 4.04. The molecule has 1 aliphatic heterocycles. The number of hydrogen-bond donors (Lipinski definition) is 0. The topological polar surface area (TPSA) is 54.0 Å². The van der Waals surface area contributed by atoms with E-state index in [1.807, 2.05) is 0 Å². The van der Waals surface area contributed by atoms with Crippen molar-refractivity contribution in [1.29, 1.82) is 0 Å². The first-order valence-corrected chi connectivity index (χ1v) is 8.37. The van der Waals surface area contributed by atoms with Crippen molar-refractivity contribution >= 4 is 7.60 Å². The van der Waals surface area contributed by atoms with E-state index in [0.717, 1.165) is 25.9 Å². The van der Waals surface area contributed by atoms with E-state index in [1.54, 1.807) is 13.8 Å². The van der Waals surface area contributed by atoms with E-state index in [1.165, 1.54) is 0 Å². The van der Waals surface area contributed by atoms with Crippen LogP contribution in [0.4, 0.5) is 0 Å². The van der Waals surface area contributed by atoms with Crippen molar-refractivity contribution < 1.29 is 23.1 Å². The molecule has 1 heterocycles. The van der Waals surface area contributed by atoms with E-state index in [9.17, 15) is 4.57 Å². The van der Waals surface area contributed by atoms with Crippen molar-refractivity contribution in [2.24, 2.45) is 0 Å². The third-order valence-electron chi connectivity index (χ3n) is 2.48. The monoisotopic (exact) mass is 290 g/mol. The summed E-state index contributed by atoms with van der Waals surface area (Å²) >= 11 is 0. The minimum Gasteiger partial charge on any atom is -0.353 e. The normalized spacial score (nSPS) is 19.8. The first-order chi connectivity index (χ1) is 9.20. The molecule has 6 heteroatoms. The van der Waals surface area contributed by atoms with Gasteiger partial charge in [-0.05, 0) is 33.1 Å². The Morgan fingerprint density at radius 1 is 1.26 bits per heavy atom. The summed E-state index contributed by atoms with van der Waals surface area (Å²) in [7, 11) is -3.24. The van der Waals surface area contributed by atoms with Crippen LogP contribution in [0.15, 0.2) is 0 Å². The SMILES string of the molecule is CCOP(=O)(C#CCCOC1CCCCO1)OCC. The van der Waals surface area contributed by atoms with E-state index in [4.69, 9.17) is 18.5 Å². The minimum atomic E-state index is -3.24. The van der Waals surface area contributed by atoms with Crippen molar-refractivity contribution in [2.75, 3.05) is 26.4 Å². The van der Waals surface area contributed by atoms with Crippen molar-refractivity contribution in [2.45, 2.75) is 45.8 Å². The van der Waals surface area contributed by atoms with E-state index in [2.05, 4.69) is 11.6 Å². The number of hydrogen-bond acceptors (Lipinski definition) is 5. The lowest BCUT2D eigenvalue weighted by molar-refractivity contribution is -0.161. The molecule has 110 valence electrons. The molecule has 0 spiro atoms. The summed E-state index contributed by atoms with van der Waals surface area (Å²) in [6.45, 7) is 5.39. The Labute approximate surface area is 115 Å². The molecule has 0 bridgehead atoms. The Morgan fingerprint density at radius 3 is 2.58 bits per heavy atom. The summed E-state index contributed by atoms with van der Waals surface area (Å²) in [5.41, 5.74) is 2.58. The molecule has 0 aromatic heterocycles. The maximum Gasteiger partial charge on any atom is 0.405 e. The number of ether oxygens (including phenoxy) is 2. The molecule has 1 fully saturated rings. The third-order valence-corrected chi connectivity index (χ3v) is 4.11. The molecule has 0 aromatic carbocycles. The van der Waals surface area contributed by atoms with Crippen LogP contribution in [-0.4, -0.2) is 32.7 Å². The lowest BCUT2D eigenvalue weighted by Gasteiger charge is -2.22. The summed E-state index contributed by atoms with van der Waals surface area (Å²) in [5, 5.41) is 0. The average Bonchev–Trinajstić information content (AvgIpc) is 2.40. The van der Waals surface area contributed by atoms with Gasteiger partial charge < -0.3 is 9.47 Å². The molecule has 1 unspecified atom stereocenters. The van der Waals surface area contributed by atoms with Gasteiger partial charge in [-0.25, -0.2) is 4.57 Å². The molecule has 0 saturated carbocycles. The highest BCUT2D eigenvalue weighted by Gasteiger charge is 2.19. The molecular weight excluding hydrogens is 267 g/mol. The van der Waals surface area contributed by atoms with E-state index >= 15 is 0 Å². The molecule has 0 aromatic rings. The van der Waals surface area contributed by atoms with Crippen LogP contribution in [0.5, 0.6) is 0 Å². The second kappa shape index (κ2) is 9.52. The van der Waals surface area contributed by atoms with Gasteiger partial charge in [0.15, 0.2) is 6.29 Å². The Hall–Kier alpha value is -0.370. The molecular formula is C13H23O5P. The first-order valence-electron chi connectivity index (χ1n) is 6.82. The standard InChI is InChI=1S/C13H23O5P/c1-3-17-19(14,18-4-2)12-8-7-11-16-13-9-5-6-10-15-13/h13H,3-7,9-11H2,1-2H3. The van der Waals surface area contributed by atoms with Crippen LogP contribution < -0.4 is 0 Å². The second-order valence-corrected chi connectivity index (χ2v) is 5.77. The Morgan fingerprint density at radius 2 is 2.00 bits per heavy atom. The van der Waals surface area contributed by atoms with Crippen molar-refractivity contribution in [3.63, 3.8) is 0 Å². The highest BCUT2D eigenvalue weighted by Crippen LogP contribution is 2.46. The van der Waals surface area contributed by atoms with Crippen LogP contribution in [0.1, 0.15) is 39.5 Å². The molecule has 1 saturated heterocycles. The number of rotatable bonds is 7. The summed E-state index contributed by atoms with van der Waals surface area (Å²) in [6.07, 6.45) is 3.56. The van der Waals surface area contributed by atoms with Gasteiger partial charge in [-0.1, -0.05) is 5.92 Å². The average molecular weight is 290 g/mol. The zero-order valence-corrected chi connectivity index (χ0v) is 12.6. The van der Waals surface area contributed by atoms with Gasteiger partial charge in [-0.15, -0.1) is 0 Å². The quantitative estimate of drug-likeness (QED) is 0.409. The maximum atomic E-state index is 12.0. The van der Waals surface area contributed by atoms with E-state index in [0.29, 0.717) is 26.2 Å². The maximum absolute atomic E-state index is 12.0. The molecule has 0 radical (unpaired) electrons. The molecule has 19 heavy (non-hydrogen) atoms. The lowest BCUT2D eigenvalue weighted by atomic mass is 10.2. The van der Waals surface area contributed by atoms with Crippen LogP contribution in [0.25, 0.3) is 0 Å². The highest BCUT2D eigenvalue weighted by atomic mass is 31.2. The van der Waals surface area contributed by atoms with Gasteiger partial charge in [0.05, 0.1) is 19.8 Å². The predicted molar refractivity (Wildman–Crippen MR) is 72.8 cm³/mol. The van der Waals surface area contributed by atoms with Crippen LogP contribution in [0, 0.1) is 11.6 Å². The van der Waals surface area contributed by atoms with Crippen molar-refractivity contribution in [3.8, 4) is 11.6 Å². The van der Waals surface area contributed by atoms with Crippen LogP contribution in [0.3, 0.4) is 0 Å². The fourth-order valence-electron chi connectivity index (χ4n) is 1.68. The van der Waals surface area contributed by atoms with Gasteiger partial charge in [-0.2, -0.15) is 0 Å². The smallest absolute Gasteiger partial charge is 0.353 e. The molecule has 0 N–H and O–H groups in total. The largest absolute Gasteiger partial charge is 0.405 e. The minimum absolute atomic E-state index is 0.110. The van der Waals surface area contributed by atoms with Gasteiger partial charge in [0, 0.05) is 18.7 Å². The van der Waals surface area contributed by atoms with Gasteiger partial charge in [0.2, 0.25) is 0 Å². The van der Waals surface area contributed by atoms with E-state index < -0.39 is 7.60 Å². The summed E-state index contributed by atoms with van der Waals surface area (Å²) < 4.78 is 33.1. The molecule has 1 aliphatic rings. The molecule has 0 aliphatic carbocycles. The van der Waals surface area contributed by atoms with Crippen LogP contribution in [-0.2, 0) is 23.1 Å². The zero-order chi connectivity index (χ0) is 14.0. The van der Waals surface area contributed by atoms with Crippen molar-refractivity contribution in [1.82, 2.24) is 0 Å². The molecule has 0 amide bonds. The van der Waals surface area contributed by atoms with Crippen LogP contribution >= 0.6 is 7.60 Å².